The topological polar surface area (TPSA) is 83.3 Å². The van der Waals surface area contributed by atoms with E-state index in [0.29, 0.717) is 5.69 Å². The maximum Gasteiger partial charge on any atom is 0.419 e. The molecule has 7 nitrogen and oxygen atoms in total. The van der Waals surface area contributed by atoms with Crippen LogP contribution in [0.3, 0.4) is 0 Å². The molecule has 0 saturated heterocycles. The van der Waals surface area contributed by atoms with Gasteiger partial charge in [0.15, 0.2) is 5.82 Å². The SMILES string of the molecule is CCOC(=O)c1cc(C#CC2C=CC=CC2)ncc1-c1cn(C(=O)OCC)c(-c2c(F)cccc2Cl)n1. The highest BCUT2D eigenvalue weighted by molar-refractivity contribution is 6.33. The van der Waals surface area contributed by atoms with Crippen LogP contribution in [0.15, 0.2) is 61.0 Å². The highest BCUT2D eigenvalue weighted by Crippen LogP contribution is 2.33. The van der Waals surface area contributed by atoms with Crippen molar-refractivity contribution in [2.75, 3.05) is 13.2 Å². The Morgan fingerprint density at radius 3 is 2.73 bits per heavy atom. The lowest BCUT2D eigenvalue weighted by Crippen LogP contribution is -2.14. The van der Waals surface area contributed by atoms with Crippen molar-refractivity contribution in [2.45, 2.75) is 20.3 Å². The molecule has 1 unspecified atom stereocenters. The summed E-state index contributed by atoms with van der Waals surface area (Å²) in [4.78, 5) is 34.4. The average molecular weight is 520 g/mol. The largest absolute Gasteiger partial charge is 0.462 e. The van der Waals surface area contributed by atoms with Gasteiger partial charge in [-0.2, -0.15) is 0 Å². The van der Waals surface area contributed by atoms with Crippen molar-refractivity contribution in [3.8, 4) is 34.5 Å². The highest BCUT2D eigenvalue weighted by Gasteiger charge is 2.25. The van der Waals surface area contributed by atoms with Crippen LogP contribution in [0.25, 0.3) is 22.6 Å². The molecule has 4 rings (SSSR count). The Morgan fingerprint density at radius 1 is 1.22 bits per heavy atom. The number of halogens is 2. The second-order valence-electron chi connectivity index (χ2n) is 7.88. The Balaban J connectivity index is 1.84. The molecule has 0 spiro atoms. The number of allylic oxidation sites excluding steroid dienone is 4. The van der Waals surface area contributed by atoms with Gasteiger partial charge >= 0.3 is 12.1 Å². The van der Waals surface area contributed by atoms with Gasteiger partial charge in [0.1, 0.15) is 11.5 Å². The fourth-order valence-corrected chi connectivity index (χ4v) is 3.94. The van der Waals surface area contributed by atoms with E-state index < -0.39 is 17.9 Å². The van der Waals surface area contributed by atoms with Crippen molar-refractivity contribution in [3.05, 3.63) is 83.1 Å². The summed E-state index contributed by atoms with van der Waals surface area (Å²) in [6, 6.07) is 5.66. The molecule has 0 amide bonds. The number of aromatic nitrogens is 3. The first kappa shape index (κ1) is 25.9. The van der Waals surface area contributed by atoms with Crippen LogP contribution >= 0.6 is 11.6 Å². The molecule has 3 aromatic rings. The summed E-state index contributed by atoms with van der Waals surface area (Å²) >= 11 is 6.26. The first-order valence-corrected chi connectivity index (χ1v) is 12.0. The molecule has 2 aromatic heterocycles. The van der Waals surface area contributed by atoms with E-state index in [0.717, 1.165) is 11.0 Å². The fraction of sp³-hybridized carbons (Fsp3) is 0.214. The number of carbonyl (C=O) groups excluding carboxylic acids is 2. The summed E-state index contributed by atoms with van der Waals surface area (Å²) in [5.41, 5.74) is 0.905. The zero-order valence-electron chi connectivity index (χ0n) is 20.2. The molecule has 0 aliphatic heterocycles. The molecule has 2 heterocycles. The van der Waals surface area contributed by atoms with Crippen molar-refractivity contribution in [1.82, 2.24) is 14.5 Å². The number of hydrogen-bond acceptors (Lipinski definition) is 6. The van der Waals surface area contributed by atoms with Crippen molar-refractivity contribution in [3.63, 3.8) is 0 Å². The first-order valence-electron chi connectivity index (χ1n) is 11.7. The number of hydrogen-bond donors (Lipinski definition) is 0. The minimum atomic E-state index is -0.779. The monoisotopic (exact) mass is 519 g/mol. The third-order valence-electron chi connectivity index (χ3n) is 5.40. The lowest BCUT2D eigenvalue weighted by molar-refractivity contribution is 0.0527. The van der Waals surface area contributed by atoms with Crippen molar-refractivity contribution < 1.29 is 23.5 Å². The molecule has 0 radical (unpaired) electrons. The van der Waals surface area contributed by atoms with Crippen LogP contribution in [0.1, 0.15) is 36.3 Å². The minimum absolute atomic E-state index is 0.0471. The van der Waals surface area contributed by atoms with Crippen LogP contribution < -0.4 is 0 Å². The Hall–Kier alpha value is -4.22. The van der Waals surface area contributed by atoms with E-state index in [1.807, 2.05) is 24.3 Å². The predicted molar refractivity (Wildman–Crippen MR) is 138 cm³/mol. The van der Waals surface area contributed by atoms with Gasteiger partial charge in [-0.3, -0.25) is 0 Å². The van der Waals surface area contributed by atoms with Crippen LogP contribution in [0.2, 0.25) is 5.02 Å². The molecule has 9 heteroatoms. The summed E-state index contributed by atoms with van der Waals surface area (Å²) in [6.07, 6.45) is 10.7. The van der Waals surface area contributed by atoms with Gasteiger partial charge in [0.05, 0.1) is 35.1 Å². The molecule has 0 fully saturated rings. The first-order chi connectivity index (χ1) is 17.9. The van der Waals surface area contributed by atoms with Gasteiger partial charge in [-0.15, -0.1) is 0 Å². The standard InChI is InChI=1S/C28H23ClFN3O4/c1-3-36-27(34)20-15-19(14-13-18-9-6-5-7-10-18)31-16-21(20)24-17-33(28(35)37-4-2)26(32-24)25-22(29)11-8-12-23(25)30/h5-9,11-12,15-18H,3-4,10H2,1-2H3. The van der Waals surface area contributed by atoms with E-state index in [1.165, 1.54) is 36.7 Å². The third-order valence-corrected chi connectivity index (χ3v) is 5.71. The Morgan fingerprint density at radius 2 is 2.03 bits per heavy atom. The van der Waals surface area contributed by atoms with Crippen LogP contribution in [0.4, 0.5) is 9.18 Å². The van der Waals surface area contributed by atoms with Crippen molar-refractivity contribution in [1.29, 1.82) is 0 Å². The fourth-order valence-electron chi connectivity index (χ4n) is 3.69. The molecule has 0 saturated carbocycles. The number of pyridine rings is 1. The summed E-state index contributed by atoms with van der Waals surface area (Å²) < 4.78 is 26.2. The number of ether oxygens (including phenoxy) is 2. The number of rotatable bonds is 5. The molecule has 1 atom stereocenters. The minimum Gasteiger partial charge on any atom is -0.462 e. The molecule has 1 aliphatic rings. The second kappa shape index (κ2) is 11.7. The molecule has 1 aromatic carbocycles. The van der Waals surface area contributed by atoms with Crippen LogP contribution in [0.5, 0.6) is 0 Å². The Kier molecular flexibility index (Phi) is 8.16. The van der Waals surface area contributed by atoms with E-state index in [2.05, 4.69) is 21.8 Å². The molecular formula is C28H23ClFN3O4. The van der Waals surface area contributed by atoms with E-state index in [-0.39, 0.29) is 52.4 Å². The van der Waals surface area contributed by atoms with Gasteiger partial charge in [-0.1, -0.05) is 47.9 Å². The van der Waals surface area contributed by atoms with Crippen LogP contribution in [0, 0.1) is 23.6 Å². The van der Waals surface area contributed by atoms with E-state index in [1.54, 1.807) is 13.8 Å². The number of esters is 1. The number of imidazole rings is 1. The third kappa shape index (κ3) is 5.79. The normalized spacial score (nSPS) is 14.1. The summed E-state index contributed by atoms with van der Waals surface area (Å²) in [5.74, 6) is 4.82. The van der Waals surface area contributed by atoms with E-state index in [9.17, 15) is 14.0 Å². The zero-order valence-corrected chi connectivity index (χ0v) is 21.0. The number of benzene rings is 1. The molecule has 0 N–H and O–H groups in total. The summed E-state index contributed by atoms with van der Waals surface area (Å²) in [7, 11) is 0. The van der Waals surface area contributed by atoms with Gasteiger partial charge in [-0.05, 0) is 44.4 Å². The number of nitrogens with zero attached hydrogens (tertiary/aromatic N) is 3. The molecule has 188 valence electrons. The van der Waals surface area contributed by atoms with Gasteiger partial charge in [0.2, 0.25) is 0 Å². The Labute approximate surface area is 218 Å². The van der Waals surface area contributed by atoms with E-state index in [4.69, 9.17) is 21.1 Å². The lowest BCUT2D eigenvalue weighted by Gasteiger charge is -2.08. The van der Waals surface area contributed by atoms with Crippen molar-refractivity contribution >= 4 is 23.7 Å². The summed E-state index contributed by atoms with van der Waals surface area (Å²) in [5, 5.41) is 0.0590. The van der Waals surface area contributed by atoms with Gasteiger partial charge in [-0.25, -0.2) is 28.5 Å². The van der Waals surface area contributed by atoms with Gasteiger partial charge < -0.3 is 9.47 Å². The van der Waals surface area contributed by atoms with Crippen LogP contribution in [-0.2, 0) is 9.47 Å². The highest BCUT2D eigenvalue weighted by atomic mass is 35.5. The van der Waals surface area contributed by atoms with E-state index >= 15 is 0 Å². The zero-order chi connectivity index (χ0) is 26.4. The predicted octanol–water partition coefficient (Wildman–Crippen LogP) is 6.07. The smallest absolute Gasteiger partial charge is 0.419 e. The van der Waals surface area contributed by atoms with Gasteiger partial charge in [0.25, 0.3) is 0 Å². The van der Waals surface area contributed by atoms with Crippen molar-refractivity contribution in [2.24, 2.45) is 5.92 Å². The Bertz CT molecular complexity index is 1450. The number of carbonyl (C=O) groups is 2. The maximum atomic E-state index is 14.8. The van der Waals surface area contributed by atoms with Gasteiger partial charge in [0, 0.05) is 23.9 Å². The maximum absolute atomic E-state index is 14.8. The molecule has 0 bridgehead atoms. The average Bonchev–Trinajstić information content (AvgIpc) is 3.33. The second-order valence-corrected chi connectivity index (χ2v) is 8.28. The lowest BCUT2D eigenvalue weighted by atomic mass is 10.0. The molecule has 37 heavy (non-hydrogen) atoms. The quantitative estimate of drug-likeness (QED) is 0.300. The van der Waals surface area contributed by atoms with Crippen LogP contribution in [-0.4, -0.2) is 39.8 Å². The summed E-state index contributed by atoms with van der Waals surface area (Å²) in [6.45, 7) is 3.57. The molecular weight excluding hydrogens is 497 g/mol. The molecule has 1 aliphatic carbocycles.